The van der Waals surface area contributed by atoms with E-state index >= 15 is 0 Å². The fraction of sp³-hybridized carbons (Fsp3) is 0.538. The number of amides is 4. The van der Waals surface area contributed by atoms with Crippen molar-refractivity contribution in [2.24, 2.45) is 22.7 Å². The van der Waals surface area contributed by atoms with Crippen LogP contribution in [0.3, 0.4) is 0 Å². The molecule has 1 saturated carbocycles. The second-order valence-corrected chi connectivity index (χ2v) is 21.3. The van der Waals surface area contributed by atoms with Crippen molar-refractivity contribution in [3.8, 4) is 11.8 Å². The number of rotatable bonds is 12. The largest absolute Gasteiger partial charge is 0.489 e. The zero-order chi connectivity index (χ0) is 48.6. The molecule has 69 heavy (non-hydrogen) atoms. The molecule has 4 amide bonds. The van der Waals surface area contributed by atoms with Crippen LogP contribution in [0.25, 0.3) is 10.9 Å². The van der Waals surface area contributed by atoms with Crippen LogP contribution in [-0.4, -0.2) is 119 Å². The first-order chi connectivity index (χ1) is 33.1. The summed E-state index contributed by atoms with van der Waals surface area (Å²) in [4.78, 5) is 74.0. The average molecular weight is 960 g/mol. The quantitative estimate of drug-likeness (QED) is 0.159. The van der Waals surface area contributed by atoms with Crippen LogP contribution >= 0.6 is 11.6 Å². The minimum Gasteiger partial charge on any atom is -0.489 e. The van der Waals surface area contributed by atoms with E-state index in [0.29, 0.717) is 51.8 Å². The van der Waals surface area contributed by atoms with Crippen LogP contribution in [0, 0.1) is 34.0 Å². The molecule has 4 saturated heterocycles. The molecule has 2 N–H and O–H groups in total. The lowest BCUT2D eigenvalue weighted by molar-refractivity contribution is -0.164. The first kappa shape index (κ1) is 48.0. The Balaban J connectivity index is 0.669. The summed E-state index contributed by atoms with van der Waals surface area (Å²) in [5.74, 6) is 0.485. The lowest BCUT2D eigenvalue weighted by atomic mass is 9.49. The van der Waals surface area contributed by atoms with Crippen LogP contribution < -0.4 is 30.7 Å². The summed E-state index contributed by atoms with van der Waals surface area (Å²) >= 11 is 6.27. The van der Waals surface area contributed by atoms with Crippen LogP contribution in [-0.2, 0) is 14.4 Å². The van der Waals surface area contributed by atoms with Gasteiger partial charge >= 0.3 is 0 Å². The van der Waals surface area contributed by atoms with Gasteiger partial charge in [-0.2, -0.15) is 9.94 Å². The predicted octanol–water partition coefficient (Wildman–Crippen LogP) is 5.96. The number of fused-ring (bicyclic) bond motifs is 1. The molecule has 9 rings (SSSR count). The predicted molar refractivity (Wildman–Crippen MR) is 263 cm³/mol. The number of nitrogens with zero attached hydrogens (tertiary/aromatic N) is 8. The smallest absolute Gasteiger partial charge is 0.278 e. The van der Waals surface area contributed by atoms with Crippen LogP contribution in [0.4, 0.5) is 11.4 Å². The number of imide groups is 1. The van der Waals surface area contributed by atoms with E-state index in [1.54, 1.807) is 30.3 Å². The van der Waals surface area contributed by atoms with E-state index in [2.05, 4.69) is 86.4 Å². The van der Waals surface area contributed by atoms with Gasteiger partial charge < -0.3 is 24.8 Å². The summed E-state index contributed by atoms with van der Waals surface area (Å²) < 4.78 is 7.48. The van der Waals surface area contributed by atoms with Gasteiger partial charge in [-0.1, -0.05) is 44.5 Å². The Labute approximate surface area is 408 Å². The molecule has 3 aromatic carbocycles. The van der Waals surface area contributed by atoms with Crippen molar-refractivity contribution in [1.82, 2.24) is 35.4 Å². The minimum absolute atomic E-state index is 0.0126. The normalized spacial score (nSPS) is 23.2. The molecule has 364 valence electrons. The van der Waals surface area contributed by atoms with Gasteiger partial charge in [-0.15, -0.1) is 5.10 Å². The maximum Gasteiger partial charge on any atom is 0.278 e. The van der Waals surface area contributed by atoms with Crippen molar-refractivity contribution in [3.05, 3.63) is 87.2 Å². The minimum atomic E-state index is -0.874. The van der Waals surface area contributed by atoms with E-state index < -0.39 is 17.5 Å². The molecule has 4 aromatic rings. The van der Waals surface area contributed by atoms with Crippen LogP contribution in [0.1, 0.15) is 101 Å². The highest BCUT2D eigenvalue weighted by Gasteiger charge is 2.64. The molecule has 17 heteroatoms. The molecule has 5 fully saturated rings. The standard InChI is InChI=1S/C52H63ClN10O6/c1-51(2)49(52(3,4)50(51)69-39-13-9-36(32-54)41(53)31-39)56-45(65)34-7-10-37(11-8-34)61-28-26-59(27-29-61)21-5-6-33-17-22-62(23-18-33)47(67)35-19-24-60(25-20-35)38-12-14-42-40(30-38)48(68)63(58-57-42)43-15-16-44(64)55-46(43)66/h7-14,30-31,33,35,43,49-50H,5-6,15-29H2,1-4H3,(H,56,65)(H,55,64,66)/t43?,49-,50-. The molecule has 16 nitrogen and oxygen atoms in total. The van der Waals surface area contributed by atoms with Gasteiger partial charge in [0.1, 0.15) is 29.5 Å². The molecular formula is C52H63ClN10O6. The summed E-state index contributed by atoms with van der Waals surface area (Å²) in [5, 5.41) is 23.7. The van der Waals surface area contributed by atoms with E-state index in [1.165, 1.54) is 6.42 Å². The summed E-state index contributed by atoms with van der Waals surface area (Å²) in [6.45, 7) is 16.4. The van der Waals surface area contributed by atoms with Gasteiger partial charge in [-0.3, -0.25) is 34.2 Å². The summed E-state index contributed by atoms with van der Waals surface area (Å²) in [7, 11) is 0. The average Bonchev–Trinajstić information content (AvgIpc) is 3.35. The maximum atomic E-state index is 13.7. The lowest BCUT2D eigenvalue weighted by Crippen LogP contribution is -2.74. The first-order valence-corrected chi connectivity index (χ1v) is 25.0. The van der Waals surface area contributed by atoms with Crippen molar-refractivity contribution in [2.45, 2.75) is 97.2 Å². The number of nitriles is 1. The lowest BCUT2D eigenvalue weighted by Gasteiger charge is -2.63. The number of halogens is 1. The number of hydrogen-bond donors (Lipinski definition) is 2. The number of ether oxygens (including phenoxy) is 1. The van der Waals surface area contributed by atoms with Crippen molar-refractivity contribution >= 4 is 57.5 Å². The van der Waals surface area contributed by atoms with E-state index in [4.69, 9.17) is 16.3 Å². The van der Waals surface area contributed by atoms with Gasteiger partial charge in [0.15, 0.2) is 0 Å². The van der Waals surface area contributed by atoms with Crippen molar-refractivity contribution < 1.29 is 23.9 Å². The molecule has 1 unspecified atom stereocenters. The van der Waals surface area contributed by atoms with E-state index in [9.17, 15) is 29.2 Å². The Morgan fingerprint density at radius 3 is 2.19 bits per heavy atom. The number of carbonyl (C=O) groups is 4. The Hall–Kier alpha value is -6.05. The third kappa shape index (κ3) is 9.90. The van der Waals surface area contributed by atoms with Gasteiger partial charge in [0, 0.05) is 105 Å². The van der Waals surface area contributed by atoms with Crippen LogP contribution in [0.5, 0.6) is 5.75 Å². The molecular weight excluding hydrogens is 896 g/mol. The molecule has 0 radical (unpaired) electrons. The van der Waals surface area contributed by atoms with Crippen molar-refractivity contribution in [1.29, 1.82) is 5.26 Å². The van der Waals surface area contributed by atoms with Crippen LogP contribution in [0.2, 0.25) is 5.02 Å². The molecule has 5 heterocycles. The number of carbonyl (C=O) groups excluding carboxylic acids is 4. The molecule has 1 aromatic heterocycles. The van der Waals surface area contributed by atoms with E-state index in [1.807, 2.05) is 18.2 Å². The number of benzene rings is 3. The first-order valence-electron chi connectivity index (χ1n) is 24.6. The molecule has 5 aliphatic rings. The Kier molecular flexibility index (Phi) is 13.7. The number of piperidine rings is 3. The Morgan fingerprint density at radius 2 is 1.52 bits per heavy atom. The number of hydrogen-bond acceptors (Lipinski definition) is 12. The van der Waals surface area contributed by atoms with E-state index in [-0.39, 0.29) is 59.5 Å². The fourth-order valence-corrected chi connectivity index (χ4v) is 12.1. The number of aromatic nitrogens is 3. The highest BCUT2D eigenvalue weighted by molar-refractivity contribution is 6.31. The zero-order valence-corrected chi connectivity index (χ0v) is 40.8. The second kappa shape index (κ2) is 19.7. The van der Waals surface area contributed by atoms with Crippen molar-refractivity contribution in [3.63, 3.8) is 0 Å². The molecule has 1 aliphatic carbocycles. The van der Waals surface area contributed by atoms with Gasteiger partial charge in [-0.05, 0) is 112 Å². The molecule has 0 bridgehead atoms. The second-order valence-electron chi connectivity index (χ2n) is 20.9. The number of piperazine rings is 1. The molecule has 4 aliphatic heterocycles. The maximum absolute atomic E-state index is 13.7. The highest BCUT2D eigenvalue weighted by atomic mass is 35.5. The topological polar surface area (TPSA) is 186 Å². The van der Waals surface area contributed by atoms with Crippen LogP contribution in [0.15, 0.2) is 65.5 Å². The number of nitrogens with one attached hydrogen (secondary N) is 2. The highest BCUT2D eigenvalue weighted by Crippen LogP contribution is 2.55. The zero-order valence-electron chi connectivity index (χ0n) is 40.1. The SMILES string of the molecule is CC1(C)[C@H](NC(=O)c2ccc(N3CCN(CCCC4CCN(C(=O)C5CCN(c6ccc7nnn(C8CCC(=O)NC8=O)c(=O)c7c6)CC5)CC4)CC3)cc2)C(C)(C)[C@H]1Oc1ccc(C#N)c(Cl)c1. The number of likely N-dealkylation sites (tertiary alicyclic amines) is 1. The van der Waals surface area contributed by atoms with Crippen molar-refractivity contribution in [2.75, 3.05) is 68.7 Å². The molecule has 0 spiro atoms. The van der Waals surface area contributed by atoms with Gasteiger partial charge in [0.25, 0.3) is 17.4 Å². The monoisotopic (exact) mass is 958 g/mol. The van der Waals surface area contributed by atoms with Gasteiger partial charge in [-0.25, -0.2) is 0 Å². The molecule has 1 atom stereocenters. The Bertz CT molecular complexity index is 2680. The van der Waals surface area contributed by atoms with Gasteiger partial charge in [0.05, 0.1) is 16.0 Å². The fourth-order valence-electron chi connectivity index (χ4n) is 11.9. The third-order valence-electron chi connectivity index (χ3n) is 15.7. The van der Waals surface area contributed by atoms with Gasteiger partial charge in [0.2, 0.25) is 11.8 Å². The van der Waals surface area contributed by atoms with E-state index in [0.717, 1.165) is 94.0 Å². The Morgan fingerprint density at radius 1 is 0.841 bits per heavy atom. The summed E-state index contributed by atoms with van der Waals surface area (Å²) in [6.07, 6.45) is 6.08. The number of anilines is 2. The third-order valence-corrected chi connectivity index (χ3v) is 16.0. The summed E-state index contributed by atoms with van der Waals surface area (Å²) in [6, 6.07) is 19.6. The summed E-state index contributed by atoms with van der Waals surface area (Å²) in [5.41, 5.74) is 2.37.